The minimum atomic E-state index is -2.76. The van der Waals surface area contributed by atoms with Gasteiger partial charge in [0.15, 0.2) is 7.14 Å². The Morgan fingerprint density at radius 1 is 0.778 bits per heavy atom. The lowest BCUT2D eigenvalue weighted by molar-refractivity contribution is 0.588. The summed E-state index contributed by atoms with van der Waals surface area (Å²) >= 11 is 0. The fourth-order valence-corrected chi connectivity index (χ4v) is 5.30. The van der Waals surface area contributed by atoms with Crippen molar-refractivity contribution in [1.82, 2.24) is 0 Å². The Balaban J connectivity index is 1.93. The molecule has 0 spiro atoms. The SMILES string of the molecule is CCP1(=O)C=C(c2ccccc2)N(c2ccccc2)N=C1c1ccccc1. The molecule has 27 heavy (non-hydrogen) atoms. The molecule has 3 aromatic rings. The number of hydrogen-bond donors (Lipinski definition) is 0. The minimum Gasteiger partial charge on any atom is -0.313 e. The van der Waals surface area contributed by atoms with Crippen molar-refractivity contribution in [3.8, 4) is 0 Å². The molecule has 1 aliphatic heterocycles. The highest BCUT2D eigenvalue weighted by Crippen LogP contribution is 2.56. The third-order valence-corrected chi connectivity index (χ3v) is 7.35. The second-order valence-corrected chi connectivity index (χ2v) is 9.33. The van der Waals surface area contributed by atoms with Crippen molar-refractivity contribution < 1.29 is 4.57 Å². The van der Waals surface area contributed by atoms with Gasteiger partial charge in [0.25, 0.3) is 0 Å². The lowest BCUT2D eigenvalue weighted by Crippen LogP contribution is -2.23. The molecular weight excluding hydrogens is 351 g/mol. The molecule has 3 aromatic carbocycles. The maximum atomic E-state index is 13.9. The average Bonchev–Trinajstić information content (AvgIpc) is 2.75. The third-order valence-electron chi connectivity index (χ3n) is 4.68. The molecule has 4 rings (SSSR count). The Kier molecular flexibility index (Phi) is 4.79. The molecule has 3 nitrogen and oxygen atoms in total. The number of hydrogen-bond acceptors (Lipinski definition) is 3. The van der Waals surface area contributed by atoms with E-state index in [2.05, 4.69) is 0 Å². The molecule has 0 radical (unpaired) electrons. The molecule has 0 fully saturated rings. The summed E-state index contributed by atoms with van der Waals surface area (Å²) < 4.78 is 13.9. The van der Waals surface area contributed by atoms with E-state index in [4.69, 9.17) is 5.10 Å². The highest BCUT2D eigenvalue weighted by molar-refractivity contribution is 7.84. The highest BCUT2D eigenvalue weighted by Gasteiger charge is 2.34. The van der Waals surface area contributed by atoms with Gasteiger partial charge in [-0.15, -0.1) is 0 Å². The second kappa shape index (κ2) is 7.38. The van der Waals surface area contributed by atoms with Crippen molar-refractivity contribution in [3.63, 3.8) is 0 Å². The fourth-order valence-electron chi connectivity index (χ4n) is 3.21. The van der Waals surface area contributed by atoms with Crippen molar-refractivity contribution in [2.75, 3.05) is 11.2 Å². The molecule has 4 heteroatoms. The Labute approximate surface area is 160 Å². The molecule has 134 valence electrons. The highest BCUT2D eigenvalue weighted by atomic mass is 31.2. The van der Waals surface area contributed by atoms with Gasteiger partial charge in [0.05, 0.1) is 11.4 Å². The van der Waals surface area contributed by atoms with E-state index in [1.54, 1.807) is 0 Å². The molecule has 1 unspecified atom stereocenters. The van der Waals surface area contributed by atoms with Crippen LogP contribution in [0, 0.1) is 0 Å². The minimum absolute atomic E-state index is 0.541. The number of rotatable bonds is 4. The summed E-state index contributed by atoms with van der Waals surface area (Å²) in [4.78, 5) is 0. The van der Waals surface area contributed by atoms with Gasteiger partial charge in [0, 0.05) is 23.1 Å². The van der Waals surface area contributed by atoms with Crippen molar-refractivity contribution in [3.05, 3.63) is 108 Å². The zero-order valence-corrected chi connectivity index (χ0v) is 16.1. The largest absolute Gasteiger partial charge is 0.313 e. The van der Waals surface area contributed by atoms with Crippen LogP contribution >= 0.6 is 7.14 Å². The van der Waals surface area contributed by atoms with Gasteiger partial charge < -0.3 is 4.57 Å². The summed E-state index contributed by atoms with van der Waals surface area (Å²) in [6, 6.07) is 29.9. The number of hydrazone groups is 1. The molecule has 1 heterocycles. The van der Waals surface area contributed by atoms with E-state index in [-0.39, 0.29) is 0 Å². The van der Waals surface area contributed by atoms with Crippen molar-refractivity contribution >= 4 is 24.0 Å². The van der Waals surface area contributed by atoms with Gasteiger partial charge in [-0.3, -0.25) is 0 Å². The predicted octanol–water partition coefficient (Wildman–Crippen LogP) is 6.25. The van der Waals surface area contributed by atoms with E-state index in [1.807, 2.05) is 109 Å². The average molecular weight is 372 g/mol. The fraction of sp³-hybridized carbons (Fsp3) is 0.0870. The molecule has 0 bridgehead atoms. The topological polar surface area (TPSA) is 32.7 Å². The summed E-state index contributed by atoms with van der Waals surface area (Å²) in [6.45, 7) is 1.97. The molecule has 0 N–H and O–H groups in total. The normalized spacial score (nSPS) is 19.4. The summed E-state index contributed by atoms with van der Waals surface area (Å²) in [5.41, 5.74) is 4.39. The van der Waals surface area contributed by atoms with Crippen LogP contribution in [-0.2, 0) is 4.57 Å². The van der Waals surface area contributed by atoms with Gasteiger partial charge in [0.2, 0.25) is 0 Å². The first-order valence-corrected chi connectivity index (χ1v) is 11.0. The Bertz CT molecular complexity index is 1030. The zero-order chi connectivity index (χ0) is 18.7. The first kappa shape index (κ1) is 17.5. The standard InChI is InChI=1S/C23H21N2OP/c1-2-27(26)18-22(19-12-6-3-7-13-19)25(21-16-10-5-11-17-21)24-23(27)20-14-8-4-9-15-20/h3-18H,2H2,1H3. The Morgan fingerprint density at radius 2 is 1.30 bits per heavy atom. The van der Waals surface area contributed by atoms with Crippen LogP contribution in [0.1, 0.15) is 18.1 Å². The van der Waals surface area contributed by atoms with E-state index in [0.29, 0.717) is 11.6 Å². The van der Waals surface area contributed by atoms with Gasteiger partial charge in [-0.25, -0.2) is 5.01 Å². The van der Waals surface area contributed by atoms with Crippen LogP contribution < -0.4 is 5.01 Å². The van der Waals surface area contributed by atoms with Crippen LogP contribution in [-0.4, -0.2) is 11.6 Å². The van der Waals surface area contributed by atoms with Crippen LogP contribution in [0.25, 0.3) is 5.70 Å². The van der Waals surface area contributed by atoms with E-state index in [1.165, 1.54) is 0 Å². The zero-order valence-electron chi connectivity index (χ0n) is 15.2. The molecule has 0 saturated carbocycles. The lowest BCUT2D eigenvalue weighted by Gasteiger charge is -2.31. The van der Waals surface area contributed by atoms with Crippen molar-refractivity contribution in [2.24, 2.45) is 5.10 Å². The first-order valence-electron chi connectivity index (χ1n) is 9.08. The predicted molar refractivity (Wildman–Crippen MR) is 114 cm³/mol. The van der Waals surface area contributed by atoms with Crippen molar-refractivity contribution in [1.29, 1.82) is 0 Å². The molecule has 0 saturated heterocycles. The summed E-state index contributed by atoms with van der Waals surface area (Å²) in [5.74, 6) is 1.94. The van der Waals surface area contributed by atoms with Crippen LogP contribution in [0.2, 0.25) is 0 Å². The van der Waals surface area contributed by atoms with E-state index in [9.17, 15) is 4.57 Å². The third kappa shape index (κ3) is 3.39. The summed E-state index contributed by atoms with van der Waals surface area (Å²) in [6.07, 6.45) is 0.541. The number of nitrogens with zero attached hydrogens (tertiary/aromatic N) is 2. The van der Waals surface area contributed by atoms with Crippen molar-refractivity contribution in [2.45, 2.75) is 6.92 Å². The number of para-hydroxylation sites is 1. The van der Waals surface area contributed by atoms with Gasteiger partial charge >= 0.3 is 0 Å². The van der Waals surface area contributed by atoms with E-state index < -0.39 is 7.14 Å². The van der Waals surface area contributed by atoms with Gasteiger partial charge in [-0.1, -0.05) is 85.8 Å². The molecule has 0 aliphatic carbocycles. The van der Waals surface area contributed by atoms with Gasteiger partial charge in [-0.2, -0.15) is 5.10 Å². The van der Waals surface area contributed by atoms with Gasteiger partial charge in [0.1, 0.15) is 5.45 Å². The molecule has 1 atom stereocenters. The van der Waals surface area contributed by atoms with Gasteiger partial charge in [-0.05, 0) is 12.1 Å². The van der Waals surface area contributed by atoms with E-state index in [0.717, 1.165) is 22.5 Å². The first-order chi connectivity index (χ1) is 13.2. The molecule has 0 aromatic heterocycles. The second-order valence-electron chi connectivity index (χ2n) is 6.43. The summed E-state index contributed by atoms with van der Waals surface area (Å²) in [7, 11) is -2.76. The smallest absolute Gasteiger partial charge is 0.158 e. The quantitative estimate of drug-likeness (QED) is 0.507. The Hall–Kier alpha value is -2.90. The Morgan fingerprint density at radius 3 is 1.85 bits per heavy atom. The van der Waals surface area contributed by atoms with E-state index >= 15 is 0 Å². The van der Waals surface area contributed by atoms with Crippen LogP contribution in [0.4, 0.5) is 5.69 Å². The number of benzene rings is 3. The molecular formula is C23H21N2OP. The number of anilines is 1. The molecule has 0 amide bonds. The monoisotopic (exact) mass is 372 g/mol. The lowest BCUT2D eigenvalue weighted by atomic mass is 10.1. The van der Waals surface area contributed by atoms with Crippen LogP contribution in [0.3, 0.4) is 0 Å². The summed E-state index contributed by atoms with van der Waals surface area (Å²) in [5, 5.41) is 6.83. The van der Waals surface area contributed by atoms with Crippen LogP contribution in [0.15, 0.2) is 102 Å². The molecule has 1 aliphatic rings. The van der Waals surface area contributed by atoms with Crippen LogP contribution in [0.5, 0.6) is 0 Å². The maximum Gasteiger partial charge on any atom is 0.158 e. The maximum absolute atomic E-state index is 13.9.